The van der Waals surface area contributed by atoms with Crippen LogP contribution >= 0.6 is 0 Å². The van der Waals surface area contributed by atoms with E-state index in [2.05, 4.69) is 55.3 Å². The van der Waals surface area contributed by atoms with Crippen LogP contribution < -0.4 is 10.2 Å². The van der Waals surface area contributed by atoms with Crippen molar-refractivity contribution in [2.24, 2.45) is 0 Å². The summed E-state index contributed by atoms with van der Waals surface area (Å²) in [5, 5.41) is 3.17. The first kappa shape index (κ1) is 13.0. The van der Waals surface area contributed by atoms with Gasteiger partial charge < -0.3 is 10.2 Å². The summed E-state index contributed by atoms with van der Waals surface area (Å²) in [6.45, 7) is 8.75. The first-order chi connectivity index (χ1) is 7.72. The van der Waals surface area contributed by atoms with E-state index in [4.69, 9.17) is 0 Å². The number of rotatable bonds is 6. The lowest BCUT2D eigenvalue weighted by molar-refractivity contribution is 0.630. The predicted molar refractivity (Wildman–Crippen MR) is 72.0 cm³/mol. The summed E-state index contributed by atoms with van der Waals surface area (Å²) in [7, 11) is 1.98. The molecule has 0 aliphatic heterocycles. The molecular weight excluding hydrogens is 196 g/mol. The maximum Gasteiger partial charge on any atom is 0.0368 e. The molecule has 0 spiro atoms. The van der Waals surface area contributed by atoms with E-state index in [1.165, 1.54) is 17.7 Å². The Balaban J connectivity index is 2.78. The normalized spacial score (nSPS) is 12.5. The molecule has 1 aromatic rings. The molecule has 1 N–H and O–H groups in total. The first-order valence-electron chi connectivity index (χ1n) is 6.23. The van der Waals surface area contributed by atoms with E-state index < -0.39 is 0 Å². The zero-order valence-electron chi connectivity index (χ0n) is 11.0. The average molecular weight is 220 g/mol. The van der Waals surface area contributed by atoms with E-state index in [-0.39, 0.29) is 0 Å². The fraction of sp³-hybridized carbons (Fsp3) is 0.571. The van der Waals surface area contributed by atoms with Crippen LogP contribution in [-0.2, 0) is 6.54 Å². The number of nitrogens with one attached hydrogen (secondary N) is 1. The fourth-order valence-electron chi connectivity index (χ4n) is 1.98. The summed E-state index contributed by atoms with van der Waals surface area (Å²) >= 11 is 0. The molecule has 0 heterocycles. The molecule has 0 fully saturated rings. The quantitative estimate of drug-likeness (QED) is 0.792. The van der Waals surface area contributed by atoms with Crippen molar-refractivity contribution in [2.45, 2.75) is 39.8 Å². The van der Waals surface area contributed by atoms with E-state index >= 15 is 0 Å². The van der Waals surface area contributed by atoms with Crippen LogP contribution in [0.3, 0.4) is 0 Å². The highest BCUT2D eigenvalue weighted by molar-refractivity contribution is 5.48. The van der Waals surface area contributed by atoms with Crippen molar-refractivity contribution in [3.05, 3.63) is 29.8 Å². The highest BCUT2D eigenvalue weighted by Gasteiger charge is 2.10. The Morgan fingerprint density at radius 2 is 1.81 bits per heavy atom. The van der Waals surface area contributed by atoms with Crippen LogP contribution in [-0.4, -0.2) is 19.6 Å². The SMILES string of the molecule is CCC(C)N(CC)c1ccc(CNC)cc1. The maximum absolute atomic E-state index is 3.17. The highest BCUT2D eigenvalue weighted by Crippen LogP contribution is 2.18. The van der Waals surface area contributed by atoms with E-state index in [0.29, 0.717) is 6.04 Å². The Morgan fingerprint density at radius 1 is 1.19 bits per heavy atom. The predicted octanol–water partition coefficient (Wildman–Crippen LogP) is 3.03. The molecule has 0 aliphatic carbocycles. The van der Waals surface area contributed by atoms with Gasteiger partial charge in [0.2, 0.25) is 0 Å². The van der Waals surface area contributed by atoms with Crippen molar-refractivity contribution in [1.82, 2.24) is 5.32 Å². The van der Waals surface area contributed by atoms with E-state index in [0.717, 1.165) is 13.1 Å². The van der Waals surface area contributed by atoms with Crippen molar-refractivity contribution >= 4 is 5.69 Å². The summed E-state index contributed by atoms with van der Waals surface area (Å²) in [6.07, 6.45) is 1.19. The Morgan fingerprint density at radius 3 is 2.25 bits per heavy atom. The van der Waals surface area contributed by atoms with Gasteiger partial charge in [-0.2, -0.15) is 0 Å². The molecule has 0 aliphatic rings. The fourth-order valence-corrected chi connectivity index (χ4v) is 1.98. The topological polar surface area (TPSA) is 15.3 Å². The van der Waals surface area contributed by atoms with Gasteiger partial charge in [-0.3, -0.25) is 0 Å². The number of anilines is 1. The number of hydrogen-bond acceptors (Lipinski definition) is 2. The summed E-state index contributed by atoms with van der Waals surface area (Å²) < 4.78 is 0. The van der Waals surface area contributed by atoms with E-state index in [1.54, 1.807) is 0 Å². The monoisotopic (exact) mass is 220 g/mol. The molecule has 1 atom stereocenters. The smallest absolute Gasteiger partial charge is 0.0368 e. The summed E-state index contributed by atoms with van der Waals surface area (Å²) in [5.74, 6) is 0. The second-order valence-corrected chi connectivity index (χ2v) is 4.24. The van der Waals surface area contributed by atoms with Crippen molar-refractivity contribution in [2.75, 3.05) is 18.5 Å². The summed E-state index contributed by atoms with van der Waals surface area (Å²) in [6, 6.07) is 9.47. The molecule has 2 nitrogen and oxygen atoms in total. The zero-order chi connectivity index (χ0) is 12.0. The largest absolute Gasteiger partial charge is 0.369 e. The van der Waals surface area contributed by atoms with Crippen molar-refractivity contribution in [3.63, 3.8) is 0 Å². The van der Waals surface area contributed by atoms with Crippen LogP contribution in [0.4, 0.5) is 5.69 Å². The molecule has 0 aromatic heterocycles. The minimum absolute atomic E-state index is 0.611. The lowest BCUT2D eigenvalue weighted by Gasteiger charge is -2.29. The molecule has 1 rings (SSSR count). The molecule has 0 bridgehead atoms. The standard InChI is InChI=1S/C14H24N2/c1-5-12(3)16(6-2)14-9-7-13(8-10-14)11-15-4/h7-10,12,15H,5-6,11H2,1-4H3. The molecule has 90 valence electrons. The molecule has 0 amide bonds. The van der Waals surface area contributed by atoms with Gasteiger partial charge >= 0.3 is 0 Å². The minimum Gasteiger partial charge on any atom is -0.369 e. The van der Waals surface area contributed by atoms with Gasteiger partial charge in [0.1, 0.15) is 0 Å². The molecule has 0 saturated heterocycles. The van der Waals surface area contributed by atoms with Gasteiger partial charge in [-0.05, 0) is 45.0 Å². The molecule has 0 radical (unpaired) electrons. The second-order valence-electron chi connectivity index (χ2n) is 4.24. The maximum atomic E-state index is 3.17. The van der Waals surface area contributed by atoms with Gasteiger partial charge in [0.05, 0.1) is 0 Å². The first-order valence-corrected chi connectivity index (χ1v) is 6.23. The van der Waals surface area contributed by atoms with Crippen LogP contribution in [0.5, 0.6) is 0 Å². The Bertz CT molecular complexity index is 292. The van der Waals surface area contributed by atoms with Crippen LogP contribution in [0.15, 0.2) is 24.3 Å². The Kier molecular flexibility index (Phi) is 5.33. The number of hydrogen-bond donors (Lipinski definition) is 1. The van der Waals surface area contributed by atoms with Crippen molar-refractivity contribution in [1.29, 1.82) is 0 Å². The van der Waals surface area contributed by atoms with Crippen molar-refractivity contribution < 1.29 is 0 Å². The molecular formula is C14H24N2. The summed E-state index contributed by atoms with van der Waals surface area (Å²) in [4.78, 5) is 2.45. The molecule has 1 aromatic carbocycles. The highest BCUT2D eigenvalue weighted by atomic mass is 15.1. The third-order valence-electron chi connectivity index (χ3n) is 3.11. The molecule has 1 unspecified atom stereocenters. The lowest BCUT2D eigenvalue weighted by Crippen LogP contribution is -2.32. The molecule has 2 heteroatoms. The van der Waals surface area contributed by atoms with Crippen molar-refractivity contribution in [3.8, 4) is 0 Å². The van der Waals surface area contributed by atoms with Crippen LogP contribution in [0, 0.1) is 0 Å². The van der Waals surface area contributed by atoms with Crippen LogP contribution in [0.2, 0.25) is 0 Å². The molecule has 0 saturated carbocycles. The third kappa shape index (κ3) is 3.24. The van der Waals surface area contributed by atoms with E-state index in [1.807, 2.05) is 7.05 Å². The third-order valence-corrected chi connectivity index (χ3v) is 3.11. The van der Waals surface area contributed by atoms with Gasteiger partial charge in [-0.25, -0.2) is 0 Å². The molecule has 16 heavy (non-hydrogen) atoms. The van der Waals surface area contributed by atoms with Crippen LogP contribution in [0.25, 0.3) is 0 Å². The van der Waals surface area contributed by atoms with E-state index in [9.17, 15) is 0 Å². The Labute approximate surface area is 99.7 Å². The van der Waals surface area contributed by atoms with Gasteiger partial charge in [0.15, 0.2) is 0 Å². The van der Waals surface area contributed by atoms with Gasteiger partial charge in [-0.15, -0.1) is 0 Å². The van der Waals surface area contributed by atoms with Gasteiger partial charge in [0, 0.05) is 24.8 Å². The Hall–Kier alpha value is -1.02. The number of benzene rings is 1. The summed E-state index contributed by atoms with van der Waals surface area (Å²) in [5.41, 5.74) is 2.67. The average Bonchev–Trinajstić information content (AvgIpc) is 2.32. The number of nitrogens with zero attached hydrogens (tertiary/aromatic N) is 1. The minimum atomic E-state index is 0.611. The van der Waals surface area contributed by atoms with Gasteiger partial charge in [-0.1, -0.05) is 19.1 Å². The second kappa shape index (κ2) is 6.54. The van der Waals surface area contributed by atoms with Crippen LogP contribution in [0.1, 0.15) is 32.8 Å². The van der Waals surface area contributed by atoms with Gasteiger partial charge in [0.25, 0.3) is 0 Å². The zero-order valence-corrected chi connectivity index (χ0v) is 11.0. The lowest BCUT2D eigenvalue weighted by atomic mass is 10.1.